The normalized spacial score (nSPS) is 10.9. The lowest BCUT2D eigenvalue weighted by molar-refractivity contribution is 0.630. The van der Waals surface area contributed by atoms with E-state index in [4.69, 9.17) is 0 Å². The Kier molecular flexibility index (Phi) is 3.36. The van der Waals surface area contributed by atoms with Crippen molar-refractivity contribution >= 4 is 0 Å². The zero-order chi connectivity index (χ0) is 11.4. The number of aryl methyl sites for hydroxylation is 1. The highest BCUT2D eigenvalue weighted by molar-refractivity contribution is 5.02. The summed E-state index contributed by atoms with van der Waals surface area (Å²) in [5.74, 6) is 1.04. The molecule has 2 rings (SSSR count). The van der Waals surface area contributed by atoms with E-state index in [1.54, 1.807) is 0 Å². The monoisotopic (exact) mass is 219 g/mol. The Morgan fingerprint density at radius 2 is 2.31 bits per heavy atom. The molecule has 2 aromatic heterocycles. The first kappa shape index (κ1) is 10.9. The highest BCUT2D eigenvalue weighted by atomic mass is 15.1. The van der Waals surface area contributed by atoms with Gasteiger partial charge in [0.2, 0.25) is 0 Å². The van der Waals surface area contributed by atoms with Gasteiger partial charge in [-0.3, -0.25) is 0 Å². The molecule has 0 spiro atoms. The van der Waals surface area contributed by atoms with Crippen molar-refractivity contribution in [2.24, 2.45) is 7.05 Å². The number of imidazole rings is 2. The Bertz CT molecular complexity index is 443. The molecule has 5 heteroatoms. The van der Waals surface area contributed by atoms with Crippen LogP contribution in [0.2, 0.25) is 0 Å². The van der Waals surface area contributed by atoms with E-state index in [1.165, 1.54) is 5.69 Å². The number of nitrogens with one attached hydrogen (secondary N) is 1. The van der Waals surface area contributed by atoms with Crippen LogP contribution in [-0.4, -0.2) is 25.6 Å². The van der Waals surface area contributed by atoms with E-state index in [0.29, 0.717) is 0 Å². The standard InChI is InChI=1S/C11H17N5/c1-3-12-6-10-7-13-9-16(10)8-11-14-4-5-15(11)2/h4-5,7,9,12H,3,6,8H2,1-2H3. The highest BCUT2D eigenvalue weighted by Crippen LogP contribution is 2.03. The summed E-state index contributed by atoms with van der Waals surface area (Å²) >= 11 is 0. The Morgan fingerprint density at radius 3 is 3.00 bits per heavy atom. The van der Waals surface area contributed by atoms with Crippen LogP contribution in [0.15, 0.2) is 24.9 Å². The molecule has 1 N–H and O–H groups in total. The minimum Gasteiger partial charge on any atom is -0.337 e. The first-order chi connectivity index (χ1) is 7.81. The van der Waals surface area contributed by atoms with Crippen LogP contribution in [-0.2, 0) is 20.1 Å². The van der Waals surface area contributed by atoms with Crippen molar-refractivity contribution in [3.63, 3.8) is 0 Å². The summed E-state index contributed by atoms with van der Waals surface area (Å²) in [5, 5.41) is 3.30. The van der Waals surface area contributed by atoms with Crippen molar-refractivity contribution in [1.82, 2.24) is 24.4 Å². The van der Waals surface area contributed by atoms with E-state index in [1.807, 2.05) is 36.5 Å². The second kappa shape index (κ2) is 4.94. The predicted molar refractivity (Wildman–Crippen MR) is 61.9 cm³/mol. The third kappa shape index (κ3) is 2.30. The van der Waals surface area contributed by atoms with E-state index in [-0.39, 0.29) is 0 Å². The van der Waals surface area contributed by atoms with E-state index < -0.39 is 0 Å². The summed E-state index contributed by atoms with van der Waals surface area (Å²) in [5.41, 5.74) is 1.19. The average Bonchev–Trinajstić information content (AvgIpc) is 2.87. The Labute approximate surface area is 95.1 Å². The lowest BCUT2D eigenvalue weighted by Crippen LogP contribution is -2.16. The van der Waals surface area contributed by atoms with Gasteiger partial charge in [0.05, 0.1) is 18.6 Å². The van der Waals surface area contributed by atoms with Crippen molar-refractivity contribution in [3.8, 4) is 0 Å². The zero-order valence-corrected chi connectivity index (χ0v) is 9.72. The van der Waals surface area contributed by atoms with Gasteiger partial charge in [0.1, 0.15) is 5.82 Å². The second-order valence-electron chi connectivity index (χ2n) is 3.75. The van der Waals surface area contributed by atoms with Crippen LogP contribution in [0.5, 0.6) is 0 Å². The van der Waals surface area contributed by atoms with Gasteiger partial charge in [-0.15, -0.1) is 0 Å². The molecule has 0 atom stereocenters. The molecule has 0 radical (unpaired) electrons. The molecule has 0 saturated carbocycles. The Hall–Kier alpha value is -1.62. The molecule has 5 nitrogen and oxygen atoms in total. The maximum atomic E-state index is 4.31. The molecule has 0 fully saturated rings. The van der Waals surface area contributed by atoms with Gasteiger partial charge < -0.3 is 14.5 Å². The molecular weight excluding hydrogens is 202 g/mol. The quantitative estimate of drug-likeness (QED) is 0.808. The first-order valence-corrected chi connectivity index (χ1v) is 5.47. The van der Waals surface area contributed by atoms with Gasteiger partial charge in [-0.1, -0.05) is 6.92 Å². The smallest absolute Gasteiger partial charge is 0.128 e. The number of hydrogen-bond acceptors (Lipinski definition) is 3. The Balaban J connectivity index is 2.09. The summed E-state index contributed by atoms with van der Waals surface area (Å²) in [6.07, 6.45) is 7.51. The molecule has 0 saturated heterocycles. The van der Waals surface area contributed by atoms with E-state index in [9.17, 15) is 0 Å². The Morgan fingerprint density at radius 1 is 1.44 bits per heavy atom. The van der Waals surface area contributed by atoms with Crippen LogP contribution in [0.4, 0.5) is 0 Å². The molecule has 0 aliphatic rings. The fraction of sp³-hybridized carbons (Fsp3) is 0.455. The molecule has 2 aromatic rings. The maximum Gasteiger partial charge on any atom is 0.128 e. The van der Waals surface area contributed by atoms with Crippen molar-refractivity contribution < 1.29 is 0 Å². The van der Waals surface area contributed by atoms with Crippen LogP contribution >= 0.6 is 0 Å². The van der Waals surface area contributed by atoms with Gasteiger partial charge in [-0.25, -0.2) is 9.97 Å². The van der Waals surface area contributed by atoms with Crippen LogP contribution in [0.3, 0.4) is 0 Å². The minimum absolute atomic E-state index is 0.768. The van der Waals surface area contributed by atoms with Gasteiger partial charge in [0, 0.05) is 32.2 Å². The molecule has 0 aliphatic carbocycles. The molecule has 2 heterocycles. The summed E-state index contributed by atoms with van der Waals surface area (Å²) in [6.45, 7) is 4.68. The van der Waals surface area contributed by atoms with Crippen LogP contribution in [0, 0.1) is 0 Å². The van der Waals surface area contributed by atoms with Crippen molar-refractivity contribution in [2.75, 3.05) is 6.54 Å². The topological polar surface area (TPSA) is 47.7 Å². The van der Waals surface area contributed by atoms with E-state index in [2.05, 4.69) is 26.8 Å². The molecule has 0 aromatic carbocycles. The number of rotatable bonds is 5. The molecule has 0 amide bonds. The minimum atomic E-state index is 0.768. The lowest BCUT2D eigenvalue weighted by atomic mass is 10.4. The molecule has 0 unspecified atom stereocenters. The third-order valence-corrected chi connectivity index (χ3v) is 2.59. The average molecular weight is 219 g/mol. The van der Waals surface area contributed by atoms with Gasteiger partial charge in [0.15, 0.2) is 0 Å². The molecule has 16 heavy (non-hydrogen) atoms. The van der Waals surface area contributed by atoms with E-state index >= 15 is 0 Å². The molecular formula is C11H17N5. The van der Waals surface area contributed by atoms with Gasteiger partial charge in [-0.05, 0) is 6.54 Å². The van der Waals surface area contributed by atoms with Crippen molar-refractivity contribution in [1.29, 1.82) is 0 Å². The number of nitrogens with zero attached hydrogens (tertiary/aromatic N) is 4. The fourth-order valence-electron chi connectivity index (χ4n) is 1.59. The SMILES string of the molecule is CCNCc1cncn1Cc1nccn1C. The van der Waals surface area contributed by atoms with Gasteiger partial charge >= 0.3 is 0 Å². The van der Waals surface area contributed by atoms with Crippen molar-refractivity contribution in [2.45, 2.75) is 20.0 Å². The second-order valence-corrected chi connectivity index (χ2v) is 3.75. The summed E-state index contributed by atoms with van der Waals surface area (Å²) < 4.78 is 4.14. The summed E-state index contributed by atoms with van der Waals surface area (Å²) in [4.78, 5) is 8.48. The van der Waals surface area contributed by atoms with Crippen molar-refractivity contribution in [3.05, 3.63) is 36.4 Å². The van der Waals surface area contributed by atoms with E-state index in [0.717, 1.165) is 25.5 Å². The number of aromatic nitrogens is 4. The van der Waals surface area contributed by atoms with Crippen LogP contribution in [0.1, 0.15) is 18.4 Å². The predicted octanol–water partition coefficient (Wildman–Crippen LogP) is 0.774. The molecule has 86 valence electrons. The number of hydrogen-bond donors (Lipinski definition) is 1. The fourth-order valence-corrected chi connectivity index (χ4v) is 1.59. The first-order valence-electron chi connectivity index (χ1n) is 5.47. The summed E-state index contributed by atoms with van der Waals surface area (Å²) in [7, 11) is 2.00. The zero-order valence-electron chi connectivity index (χ0n) is 9.72. The summed E-state index contributed by atoms with van der Waals surface area (Å²) in [6, 6.07) is 0. The highest BCUT2D eigenvalue weighted by Gasteiger charge is 2.04. The maximum absolute atomic E-state index is 4.31. The van der Waals surface area contributed by atoms with Crippen LogP contribution in [0.25, 0.3) is 0 Å². The largest absolute Gasteiger partial charge is 0.337 e. The molecule has 0 aliphatic heterocycles. The lowest BCUT2D eigenvalue weighted by Gasteiger charge is -2.08. The van der Waals surface area contributed by atoms with Gasteiger partial charge in [0.25, 0.3) is 0 Å². The third-order valence-electron chi connectivity index (χ3n) is 2.59. The van der Waals surface area contributed by atoms with Gasteiger partial charge in [-0.2, -0.15) is 0 Å². The van der Waals surface area contributed by atoms with Crippen LogP contribution < -0.4 is 5.32 Å². The molecule has 0 bridgehead atoms.